The minimum atomic E-state index is 0.0737. The minimum absolute atomic E-state index is 0.0737. The molecule has 0 aliphatic rings. The third kappa shape index (κ3) is 2.88. The number of aromatic nitrogens is 2. The molecule has 1 heterocycles. The molecular formula is C14H10BrN5O. The van der Waals surface area contributed by atoms with Gasteiger partial charge in [0.05, 0.1) is 22.8 Å². The zero-order chi connectivity index (χ0) is 15.4. The lowest BCUT2D eigenvalue weighted by Crippen LogP contribution is -1.90. The molecule has 0 bridgehead atoms. The van der Waals surface area contributed by atoms with Gasteiger partial charge in [0.2, 0.25) is 0 Å². The normalized spacial score (nSPS) is 10.8. The molecule has 0 radical (unpaired) electrons. The van der Waals surface area contributed by atoms with Crippen molar-refractivity contribution in [3.63, 3.8) is 0 Å². The summed E-state index contributed by atoms with van der Waals surface area (Å²) < 4.78 is 5.91. The molecule has 7 heteroatoms. The first-order valence-corrected chi connectivity index (χ1v) is 6.59. The van der Waals surface area contributed by atoms with Gasteiger partial charge in [-0.3, -0.25) is 5.10 Å². The zero-order valence-electron chi connectivity index (χ0n) is 11.0. The molecule has 0 atom stereocenters. The molecule has 0 saturated heterocycles. The lowest BCUT2D eigenvalue weighted by Gasteiger charge is -2.04. The number of H-pyrrole nitrogens is 1. The fourth-order valence-electron chi connectivity index (χ4n) is 1.76. The van der Waals surface area contributed by atoms with Crippen molar-refractivity contribution in [3.8, 4) is 17.9 Å². The number of hydrogen-bond acceptors (Lipinski definition) is 5. The summed E-state index contributed by atoms with van der Waals surface area (Å²) in [4.78, 5) is 0. The highest BCUT2D eigenvalue weighted by Crippen LogP contribution is 2.28. The molecular weight excluding hydrogens is 334 g/mol. The Morgan fingerprint density at radius 1 is 1.48 bits per heavy atom. The molecule has 0 unspecified atom stereocenters. The fraction of sp³-hybridized carbons (Fsp3) is 0.0714. The van der Waals surface area contributed by atoms with E-state index in [-0.39, 0.29) is 17.0 Å². The van der Waals surface area contributed by atoms with Crippen molar-refractivity contribution in [2.75, 3.05) is 12.8 Å². The van der Waals surface area contributed by atoms with Gasteiger partial charge in [0.1, 0.15) is 23.5 Å². The van der Waals surface area contributed by atoms with Gasteiger partial charge in [-0.05, 0) is 39.7 Å². The van der Waals surface area contributed by atoms with Gasteiger partial charge < -0.3 is 10.5 Å². The number of rotatable bonds is 3. The number of nitrogen functional groups attached to an aromatic ring is 1. The van der Waals surface area contributed by atoms with Gasteiger partial charge in [-0.15, -0.1) is 0 Å². The molecule has 0 spiro atoms. The fourth-order valence-corrected chi connectivity index (χ4v) is 2.32. The maximum absolute atomic E-state index is 9.29. The molecule has 104 valence electrons. The summed E-state index contributed by atoms with van der Waals surface area (Å²) in [6.45, 7) is 0. The Kier molecular flexibility index (Phi) is 4.27. The summed E-state index contributed by atoms with van der Waals surface area (Å²) >= 11 is 3.38. The predicted molar refractivity (Wildman–Crippen MR) is 81.9 cm³/mol. The molecule has 3 N–H and O–H groups in total. The molecule has 0 aliphatic heterocycles. The number of hydrogen-bond donors (Lipinski definition) is 2. The number of nitriles is 2. The van der Waals surface area contributed by atoms with Gasteiger partial charge in [0, 0.05) is 0 Å². The second-order valence-electron chi connectivity index (χ2n) is 4.03. The van der Waals surface area contributed by atoms with E-state index in [0.29, 0.717) is 11.4 Å². The van der Waals surface area contributed by atoms with Gasteiger partial charge in [0.15, 0.2) is 5.82 Å². The van der Waals surface area contributed by atoms with E-state index < -0.39 is 0 Å². The summed E-state index contributed by atoms with van der Waals surface area (Å²) in [5.41, 5.74) is 7.09. The highest BCUT2D eigenvalue weighted by Gasteiger charge is 2.14. The number of nitrogens with one attached hydrogen (secondary N) is 1. The number of nitrogens with zero attached hydrogens (tertiary/aromatic N) is 3. The molecule has 0 aliphatic carbocycles. The Labute approximate surface area is 129 Å². The molecule has 0 saturated carbocycles. The van der Waals surface area contributed by atoms with Crippen LogP contribution in [-0.2, 0) is 0 Å². The van der Waals surface area contributed by atoms with E-state index in [0.717, 1.165) is 10.0 Å². The smallest absolute Gasteiger partial charge is 0.163 e. The van der Waals surface area contributed by atoms with Crippen molar-refractivity contribution in [2.45, 2.75) is 0 Å². The Hall–Kier alpha value is -2.77. The van der Waals surface area contributed by atoms with Crippen LogP contribution in [0.1, 0.15) is 16.8 Å². The van der Waals surface area contributed by atoms with Crippen LogP contribution in [0.2, 0.25) is 0 Å². The van der Waals surface area contributed by atoms with E-state index in [2.05, 4.69) is 26.1 Å². The van der Waals surface area contributed by atoms with Gasteiger partial charge in [-0.1, -0.05) is 6.07 Å². The number of aromatic amines is 1. The number of benzene rings is 1. The number of allylic oxidation sites excluding steroid dienone is 1. The largest absolute Gasteiger partial charge is 0.496 e. The summed E-state index contributed by atoms with van der Waals surface area (Å²) in [6, 6.07) is 9.35. The Morgan fingerprint density at radius 2 is 2.24 bits per heavy atom. The first-order chi connectivity index (χ1) is 10.1. The number of nitrogens with two attached hydrogens (primary N) is 1. The number of halogens is 1. The van der Waals surface area contributed by atoms with Crippen LogP contribution in [0.15, 0.2) is 22.7 Å². The topological polar surface area (TPSA) is 112 Å². The van der Waals surface area contributed by atoms with Crippen LogP contribution in [-0.4, -0.2) is 17.3 Å². The molecule has 1 aromatic heterocycles. The summed E-state index contributed by atoms with van der Waals surface area (Å²) in [5.74, 6) is 0.763. The van der Waals surface area contributed by atoms with Crippen molar-refractivity contribution in [1.29, 1.82) is 10.5 Å². The lowest BCUT2D eigenvalue weighted by atomic mass is 10.1. The summed E-state index contributed by atoms with van der Waals surface area (Å²) in [7, 11) is 1.57. The van der Waals surface area contributed by atoms with E-state index in [4.69, 9.17) is 15.7 Å². The Bertz CT molecular complexity index is 795. The molecule has 0 amide bonds. The summed E-state index contributed by atoms with van der Waals surface area (Å²) in [5, 5.41) is 24.7. The highest BCUT2D eigenvalue weighted by molar-refractivity contribution is 9.10. The van der Waals surface area contributed by atoms with Gasteiger partial charge in [-0.2, -0.15) is 15.6 Å². The van der Waals surface area contributed by atoms with E-state index in [9.17, 15) is 5.26 Å². The quantitative estimate of drug-likeness (QED) is 0.832. The first kappa shape index (κ1) is 14.6. The maximum Gasteiger partial charge on any atom is 0.163 e. The van der Waals surface area contributed by atoms with Crippen molar-refractivity contribution < 1.29 is 4.74 Å². The standard InChI is InChI=1S/C14H10BrN5O/c1-21-12-3-2-8(5-11(12)15)4-9(6-16)13-10(7-17)14(18)20-19-13/h2-5H,1H3,(H3,18,19,20). The number of anilines is 1. The zero-order valence-corrected chi connectivity index (χ0v) is 12.6. The molecule has 6 nitrogen and oxygen atoms in total. The average Bonchev–Trinajstić information content (AvgIpc) is 2.85. The monoisotopic (exact) mass is 343 g/mol. The molecule has 2 rings (SSSR count). The Morgan fingerprint density at radius 3 is 2.81 bits per heavy atom. The van der Waals surface area contributed by atoms with Crippen LogP contribution in [0.4, 0.5) is 5.82 Å². The molecule has 21 heavy (non-hydrogen) atoms. The van der Waals surface area contributed by atoms with Crippen molar-refractivity contribution in [2.24, 2.45) is 0 Å². The summed E-state index contributed by atoms with van der Waals surface area (Å²) in [6.07, 6.45) is 1.64. The first-order valence-electron chi connectivity index (χ1n) is 5.80. The third-order valence-electron chi connectivity index (χ3n) is 2.78. The maximum atomic E-state index is 9.29. The second kappa shape index (κ2) is 6.12. The molecule has 2 aromatic rings. The van der Waals surface area contributed by atoms with Gasteiger partial charge >= 0.3 is 0 Å². The molecule has 1 aromatic carbocycles. The van der Waals surface area contributed by atoms with Crippen LogP contribution < -0.4 is 10.5 Å². The highest BCUT2D eigenvalue weighted by atomic mass is 79.9. The van der Waals surface area contributed by atoms with Crippen molar-refractivity contribution in [3.05, 3.63) is 39.5 Å². The van der Waals surface area contributed by atoms with Crippen LogP contribution in [0, 0.1) is 22.7 Å². The van der Waals surface area contributed by atoms with E-state index in [1.54, 1.807) is 25.3 Å². The minimum Gasteiger partial charge on any atom is -0.496 e. The Balaban J connectivity index is 2.49. The number of ether oxygens (including phenoxy) is 1. The van der Waals surface area contributed by atoms with Crippen LogP contribution in [0.5, 0.6) is 5.75 Å². The van der Waals surface area contributed by atoms with Gasteiger partial charge in [0.25, 0.3) is 0 Å². The average molecular weight is 344 g/mol. The van der Waals surface area contributed by atoms with E-state index >= 15 is 0 Å². The van der Waals surface area contributed by atoms with Crippen LogP contribution >= 0.6 is 15.9 Å². The van der Waals surface area contributed by atoms with E-state index in [1.165, 1.54) is 0 Å². The predicted octanol–water partition coefficient (Wildman–Crippen LogP) is 2.70. The SMILES string of the molecule is COc1ccc(C=C(C#N)c2[nH]nc(N)c2C#N)cc1Br. The van der Waals surface area contributed by atoms with Crippen molar-refractivity contribution >= 4 is 33.4 Å². The van der Waals surface area contributed by atoms with Crippen LogP contribution in [0.25, 0.3) is 11.6 Å². The van der Waals surface area contributed by atoms with Crippen molar-refractivity contribution in [1.82, 2.24) is 10.2 Å². The second-order valence-corrected chi connectivity index (χ2v) is 4.89. The molecule has 0 fully saturated rings. The third-order valence-corrected chi connectivity index (χ3v) is 3.40. The van der Waals surface area contributed by atoms with E-state index in [1.807, 2.05) is 18.2 Å². The lowest BCUT2D eigenvalue weighted by molar-refractivity contribution is 0.412. The van der Waals surface area contributed by atoms with Gasteiger partial charge in [-0.25, -0.2) is 0 Å². The number of methoxy groups -OCH3 is 1. The van der Waals surface area contributed by atoms with Crippen LogP contribution in [0.3, 0.4) is 0 Å².